The Bertz CT molecular complexity index is 376. The largest absolute Gasteiger partial charge is 0.357 e. The van der Waals surface area contributed by atoms with E-state index in [0.717, 1.165) is 38.6 Å². The molecule has 6 nitrogen and oxygen atoms in total. The van der Waals surface area contributed by atoms with Crippen LogP contribution in [0.1, 0.15) is 46.5 Å². The van der Waals surface area contributed by atoms with Crippen molar-refractivity contribution >= 4 is 11.9 Å². The van der Waals surface area contributed by atoms with Crippen molar-refractivity contribution < 1.29 is 4.79 Å². The number of likely N-dealkylation sites (N-methyl/N-ethyl adjacent to an activating group) is 2. The standard InChI is InChI=1S/C18H37N5O/c1-5-19-18(21(4)16-17(24)23(6-2)7-3)20-12-8-9-13-22-14-10-11-15-22/h5-16H2,1-4H3,(H,19,20). The third-order valence-corrected chi connectivity index (χ3v) is 4.53. The Morgan fingerprint density at radius 2 is 1.79 bits per heavy atom. The van der Waals surface area contributed by atoms with Crippen molar-refractivity contribution in [3.8, 4) is 0 Å². The molecule has 0 saturated carbocycles. The van der Waals surface area contributed by atoms with Gasteiger partial charge >= 0.3 is 0 Å². The second-order valence-electron chi connectivity index (χ2n) is 6.41. The third kappa shape index (κ3) is 7.51. The Kier molecular flexibility index (Phi) is 10.5. The first-order chi connectivity index (χ1) is 11.6. The van der Waals surface area contributed by atoms with Gasteiger partial charge in [-0.1, -0.05) is 0 Å². The van der Waals surface area contributed by atoms with E-state index in [9.17, 15) is 4.79 Å². The van der Waals surface area contributed by atoms with Crippen LogP contribution in [0.25, 0.3) is 0 Å². The third-order valence-electron chi connectivity index (χ3n) is 4.53. The highest BCUT2D eigenvalue weighted by Crippen LogP contribution is 2.08. The number of carbonyl (C=O) groups excluding carboxylic acids is 1. The number of carbonyl (C=O) groups is 1. The van der Waals surface area contributed by atoms with Crippen molar-refractivity contribution in [1.29, 1.82) is 0 Å². The lowest BCUT2D eigenvalue weighted by Crippen LogP contribution is -2.45. The van der Waals surface area contributed by atoms with E-state index in [0.29, 0.717) is 6.54 Å². The van der Waals surface area contributed by atoms with Gasteiger partial charge in [0.05, 0.1) is 6.54 Å². The fourth-order valence-corrected chi connectivity index (χ4v) is 3.06. The lowest BCUT2D eigenvalue weighted by Gasteiger charge is -2.25. The zero-order valence-corrected chi connectivity index (χ0v) is 16.2. The van der Waals surface area contributed by atoms with Crippen LogP contribution in [0.5, 0.6) is 0 Å². The Hall–Kier alpha value is -1.30. The van der Waals surface area contributed by atoms with E-state index in [1.165, 1.54) is 38.9 Å². The van der Waals surface area contributed by atoms with E-state index < -0.39 is 0 Å². The van der Waals surface area contributed by atoms with E-state index >= 15 is 0 Å². The summed E-state index contributed by atoms with van der Waals surface area (Å²) in [6.07, 6.45) is 5.01. The summed E-state index contributed by atoms with van der Waals surface area (Å²) in [5.74, 6) is 0.987. The van der Waals surface area contributed by atoms with Crippen molar-refractivity contribution in [1.82, 2.24) is 20.0 Å². The first-order valence-corrected chi connectivity index (χ1v) is 9.61. The first kappa shape index (κ1) is 20.7. The van der Waals surface area contributed by atoms with Crippen molar-refractivity contribution in [3.63, 3.8) is 0 Å². The van der Waals surface area contributed by atoms with Crippen LogP contribution in [0.15, 0.2) is 4.99 Å². The number of guanidine groups is 1. The van der Waals surface area contributed by atoms with Crippen LogP contribution in [-0.2, 0) is 4.79 Å². The maximum atomic E-state index is 12.2. The number of unbranched alkanes of at least 4 members (excludes halogenated alkanes) is 1. The molecule has 0 radical (unpaired) electrons. The van der Waals surface area contributed by atoms with E-state index in [1.54, 1.807) is 0 Å². The number of hydrogen-bond acceptors (Lipinski definition) is 3. The van der Waals surface area contributed by atoms with E-state index in [4.69, 9.17) is 0 Å². The molecule has 140 valence electrons. The minimum atomic E-state index is 0.155. The highest BCUT2D eigenvalue weighted by molar-refractivity contribution is 5.86. The van der Waals surface area contributed by atoms with Gasteiger partial charge in [0.1, 0.15) is 0 Å². The van der Waals surface area contributed by atoms with E-state index in [2.05, 4.69) is 22.1 Å². The van der Waals surface area contributed by atoms with Crippen LogP contribution in [0.4, 0.5) is 0 Å². The first-order valence-electron chi connectivity index (χ1n) is 9.61. The minimum absolute atomic E-state index is 0.155. The SMILES string of the molecule is CCNC(=NCCCCN1CCCC1)N(C)CC(=O)N(CC)CC. The Labute approximate surface area is 148 Å². The van der Waals surface area contributed by atoms with Crippen LogP contribution in [0, 0.1) is 0 Å². The van der Waals surface area contributed by atoms with Gasteiger partial charge in [-0.15, -0.1) is 0 Å². The van der Waals surface area contributed by atoms with Gasteiger partial charge in [0.2, 0.25) is 5.91 Å². The van der Waals surface area contributed by atoms with Crippen LogP contribution in [0.2, 0.25) is 0 Å². The molecule has 1 fully saturated rings. The topological polar surface area (TPSA) is 51.2 Å². The number of hydrogen-bond donors (Lipinski definition) is 1. The molecule has 6 heteroatoms. The molecule has 0 aromatic heterocycles. The molecule has 0 unspecified atom stereocenters. The quantitative estimate of drug-likeness (QED) is 0.373. The highest BCUT2D eigenvalue weighted by atomic mass is 16.2. The highest BCUT2D eigenvalue weighted by Gasteiger charge is 2.15. The molecule has 0 aliphatic carbocycles. The predicted molar refractivity (Wildman–Crippen MR) is 101 cm³/mol. The molecule has 0 spiro atoms. The van der Waals surface area contributed by atoms with Gasteiger partial charge in [-0.05, 0) is 66.1 Å². The molecule has 24 heavy (non-hydrogen) atoms. The molecule has 0 aromatic carbocycles. The number of nitrogens with one attached hydrogen (secondary N) is 1. The molecule has 1 saturated heterocycles. The molecular weight excluding hydrogens is 302 g/mol. The van der Waals surface area contributed by atoms with Gasteiger partial charge in [0.25, 0.3) is 0 Å². The zero-order valence-electron chi connectivity index (χ0n) is 16.2. The molecule has 1 N–H and O–H groups in total. The summed E-state index contributed by atoms with van der Waals surface area (Å²) in [7, 11) is 1.94. The van der Waals surface area contributed by atoms with Gasteiger partial charge in [0, 0.05) is 33.2 Å². The second kappa shape index (κ2) is 12.1. The number of nitrogens with zero attached hydrogens (tertiary/aromatic N) is 4. The predicted octanol–water partition coefficient (Wildman–Crippen LogP) is 1.63. The maximum Gasteiger partial charge on any atom is 0.242 e. The molecule has 1 aliphatic heterocycles. The monoisotopic (exact) mass is 339 g/mol. The summed E-state index contributed by atoms with van der Waals surface area (Å²) in [5, 5.41) is 3.29. The molecule has 0 bridgehead atoms. The minimum Gasteiger partial charge on any atom is -0.357 e. The number of rotatable bonds is 10. The van der Waals surface area contributed by atoms with Crippen molar-refractivity contribution in [3.05, 3.63) is 0 Å². The molecule has 0 aromatic rings. The van der Waals surface area contributed by atoms with Crippen molar-refractivity contribution in [2.45, 2.75) is 46.5 Å². The molecular formula is C18H37N5O. The van der Waals surface area contributed by atoms with E-state index in [1.807, 2.05) is 30.7 Å². The van der Waals surface area contributed by atoms with E-state index in [-0.39, 0.29) is 5.91 Å². The summed E-state index contributed by atoms with van der Waals surface area (Å²) in [4.78, 5) is 23.3. The zero-order chi connectivity index (χ0) is 17.8. The molecule has 1 heterocycles. The fraction of sp³-hybridized carbons (Fsp3) is 0.889. The summed E-state index contributed by atoms with van der Waals surface area (Å²) >= 11 is 0. The second-order valence-corrected chi connectivity index (χ2v) is 6.41. The maximum absolute atomic E-state index is 12.2. The Morgan fingerprint density at radius 3 is 2.38 bits per heavy atom. The van der Waals surface area contributed by atoms with Gasteiger partial charge < -0.3 is 20.0 Å². The summed E-state index contributed by atoms with van der Waals surface area (Å²) < 4.78 is 0. The Balaban J connectivity index is 2.37. The van der Waals surface area contributed by atoms with Gasteiger partial charge in [-0.25, -0.2) is 0 Å². The van der Waals surface area contributed by atoms with Crippen molar-refractivity contribution in [2.75, 3.05) is 59.4 Å². The van der Waals surface area contributed by atoms with Gasteiger partial charge in [-0.2, -0.15) is 0 Å². The summed E-state index contributed by atoms with van der Waals surface area (Å²) in [5.41, 5.74) is 0. The van der Waals surface area contributed by atoms with Gasteiger partial charge in [0.15, 0.2) is 5.96 Å². The lowest BCUT2D eigenvalue weighted by molar-refractivity contribution is -0.131. The smallest absolute Gasteiger partial charge is 0.242 e. The normalized spacial score (nSPS) is 15.6. The number of likely N-dealkylation sites (tertiary alicyclic amines) is 1. The Morgan fingerprint density at radius 1 is 1.12 bits per heavy atom. The van der Waals surface area contributed by atoms with Crippen LogP contribution in [0.3, 0.4) is 0 Å². The number of amides is 1. The van der Waals surface area contributed by atoms with Crippen molar-refractivity contribution in [2.24, 2.45) is 4.99 Å². The average Bonchev–Trinajstić information content (AvgIpc) is 3.08. The molecule has 1 amide bonds. The summed E-state index contributed by atoms with van der Waals surface area (Å²) in [6, 6.07) is 0. The van der Waals surface area contributed by atoms with Crippen LogP contribution < -0.4 is 5.32 Å². The average molecular weight is 340 g/mol. The molecule has 1 aliphatic rings. The fourth-order valence-electron chi connectivity index (χ4n) is 3.06. The molecule has 1 rings (SSSR count). The van der Waals surface area contributed by atoms with Gasteiger partial charge in [-0.3, -0.25) is 9.79 Å². The van der Waals surface area contributed by atoms with Crippen LogP contribution in [-0.4, -0.2) is 86.0 Å². The number of aliphatic imine (C=N–C) groups is 1. The molecule has 0 atom stereocenters. The lowest BCUT2D eigenvalue weighted by atomic mass is 10.3. The van der Waals surface area contributed by atoms with Crippen LogP contribution >= 0.6 is 0 Å². The summed E-state index contributed by atoms with van der Waals surface area (Å²) in [6.45, 7) is 13.3.